The molecule has 6 heteroatoms. The van der Waals surface area contributed by atoms with Crippen molar-refractivity contribution < 1.29 is 28.6 Å². The number of carbonyl (C=O) groups excluding carboxylic acids is 3. The van der Waals surface area contributed by atoms with Crippen molar-refractivity contribution in [1.29, 1.82) is 0 Å². The lowest BCUT2D eigenvalue weighted by molar-refractivity contribution is -0.167. The maximum atomic E-state index is 12.8. The summed E-state index contributed by atoms with van der Waals surface area (Å²) in [6.07, 6.45) is 62.5. The standard InChI is InChI=1S/C54H88O6/c1-4-7-10-13-16-19-22-25-27-30-32-35-38-41-44-47-53(56)59-50-51(49-58-52(55)46-43-40-37-34-31-28-24-21-18-15-12-9-6-3)60-54(57)48-45-42-39-36-33-29-26-23-20-17-14-11-8-5-2/h7,9-10,12,16,18-19,21,23,25-28,31-32,35,51H,4-6,8,11,13-15,17,20,22,24,29-30,33-34,36-50H2,1-3H3/b10-7-,12-9-,19-16-,21-18-,26-23-,27-25-,31-28-,35-32-. The fourth-order valence-electron chi connectivity index (χ4n) is 6.20. The summed E-state index contributed by atoms with van der Waals surface area (Å²) in [6.45, 7) is 6.31. The van der Waals surface area contributed by atoms with Gasteiger partial charge in [-0.3, -0.25) is 14.4 Å². The van der Waals surface area contributed by atoms with E-state index >= 15 is 0 Å². The molecule has 1 unspecified atom stereocenters. The lowest BCUT2D eigenvalue weighted by Gasteiger charge is -2.18. The molecule has 0 fully saturated rings. The summed E-state index contributed by atoms with van der Waals surface area (Å²) in [7, 11) is 0. The van der Waals surface area contributed by atoms with Gasteiger partial charge in [0.05, 0.1) is 0 Å². The summed E-state index contributed by atoms with van der Waals surface area (Å²) in [5, 5.41) is 0. The molecule has 1 atom stereocenters. The molecule has 0 saturated heterocycles. The number of carbonyl (C=O) groups is 3. The molecular formula is C54H88O6. The van der Waals surface area contributed by atoms with Crippen molar-refractivity contribution in [3.8, 4) is 0 Å². The van der Waals surface area contributed by atoms with Gasteiger partial charge >= 0.3 is 17.9 Å². The van der Waals surface area contributed by atoms with Crippen LogP contribution in [0.4, 0.5) is 0 Å². The van der Waals surface area contributed by atoms with Gasteiger partial charge in [-0.05, 0) is 116 Å². The molecule has 0 aromatic carbocycles. The van der Waals surface area contributed by atoms with Gasteiger partial charge in [-0.1, -0.05) is 169 Å². The molecule has 0 aliphatic heterocycles. The van der Waals surface area contributed by atoms with Crippen molar-refractivity contribution in [3.05, 3.63) is 97.2 Å². The smallest absolute Gasteiger partial charge is 0.306 e. The molecule has 340 valence electrons. The normalized spacial score (nSPS) is 12.9. The molecular weight excluding hydrogens is 745 g/mol. The van der Waals surface area contributed by atoms with Gasteiger partial charge in [0, 0.05) is 19.3 Å². The Kier molecular flexibility index (Phi) is 45.1. The van der Waals surface area contributed by atoms with Crippen LogP contribution in [0.1, 0.15) is 207 Å². The Labute approximate surface area is 368 Å². The third-order valence-corrected chi connectivity index (χ3v) is 9.80. The lowest BCUT2D eigenvalue weighted by atomic mass is 10.1. The van der Waals surface area contributed by atoms with Gasteiger partial charge in [-0.25, -0.2) is 0 Å². The topological polar surface area (TPSA) is 78.9 Å². The predicted molar refractivity (Wildman–Crippen MR) is 256 cm³/mol. The molecule has 6 nitrogen and oxygen atoms in total. The molecule has 0 aromatic rings. The quantitative estimate of drug-likeness (QED) is 0.0264. The summed E-state index contributed by atoms with van der Waals surface area (Å²) in [6, 6.07) is 0. The van der Waals surface area contributed by atoms with E-state index in [9.17, 15) is 14.4 Å². The van der Waals surface area contributed by atoms with Crippen LogP contribution in [-0.2, 0) is 28.6 Å². The fourth-order valence-corrected chi connectivity index (χ4v) is 6.20. The van der Waals surface area contributed by atoms with Crippen LogP contribution in [-0.4, -0.2) is 37.2 Å². The van der Waals surface area contributed by atoms with Crippen LogP contribution in [0, 0.1) is 0 Å². The maximum Gasteiger partial charge on any atom is 0.306 e. The second-order valence-electron chi connectivity index (χ2n) is 15.6. The summed E-state index contributed by atoms with van der Waals surface area (Å²) >= 11 is 0. The zero-order chi connectivity index (χ0) is 43.7. The van der Waals surface area contributed by atoms with Crippen LogP contribution in [0.2, 0.25) is 0 Å². The molecule has 0 aliphatic rings. The van der Waals surface area contributed by atoms with Gasteiger partial charge in [-0.2, -0.15) is 0 Å². The van der Waals surface area contributed by atoms with Crippen LogP contribution in [0.3, 0.4) is 0 Å². The monoisotopic (exact) mass is 833 g/mol. The molecule has 60 heavy (non-hydrogen) atoms. The van der Waals surface area contributed by atoms with E-state index in [0.717, 1.165) is 122 Å². The Balaban J connectivity index is 4.52. The van der Waals surface area contributed by atoms with E-state index < -0.39 is 6.10 Å². The highest BCUT2D eigenvalue weighted by Gasteiger charge is 2.19. The van der Waals surface area contributed by atoms with Crippen molar-refractivity contribution in [2.75, 3.05) is 13.2 Å². The number of ether oxygens (including phenoxy) is 3. The summed E-state index contributed by atoms with van der Waals surface area (Å²) in [5.41, 5.74) is 0. The largest absolute Gasteiger partial charge is 0.462 e. The lowest BCUT2D eigenvalue weighted by Crippen LogP contribution is -2.30. The number of hydrogen-bond acceptors (Lipinski definition) is 6. The van der Waals surface area contributed by atoms with Crippen molar-refractivity contribution in [3.63, 3.8) is 0 Å². The van der Waals surface area contributed by atoms with Gasteiger partial charge in [-0.15, -0.1) is 0 Å². The van der Waals surface area contributed by atoms with Gasteiger partial charge in [0.1, 0.15) is 13.2 Å². The highest BCUT2D eigenvalue weighted by molar-refractivity contribution is 5.71. The van der Waals surface area contributed by atoms with Crippen LogP contribution < -0.4 is 0 Å². The number of rotatable bonds is 42. The summed E-state index contributed by atoms with van der Waals surface area (Å²) in [4.78, 5) is 37.9. The molecule has 0 aromatic heterocycles. The maximum absolute atomic E-state index is 12.8. The van der Waals surface area contributed by atoms with Crippen molar-refractivity contribution in [2.45, 2.75) is 213 Å². The highest BCUT2D eigenvalue weighted by Crippen LogP contribution is 2.12. The second-order valence-corrected chi connectivity index (χ2v) is 15.6. The first kappa shape index (κ1) is 56.3. The van der Waals surface area contributed by atoms with Crippen LogP contribution in [0.5, 0.6) is 0 Å². The predicted octanol–water partition coefficient (Wildman–Crippen LogP) is 15.8. The average Bonchev–Trinajstić information content (AvgIpc) is 3.24. The van der Waals surface area contributed by atoms with Crippen molar-refractivity contribution in [1.82, 2.24) is 0 Å². The van der Waals surface area contributed by atoms with Crippen LogP contribution in [0.15, 0.2) is 97.2 Å². The number of hydrogen-bond donors (Lipinski definition) is 0. The molecule has 0 amide bonds. The van der Waals surface area contributed by atoms with Gasteiger partial charge < -0.3 is 14.2 Å². The second kappa shape index (κ2) is 48.0. The van der Waals surface area contributed by atoms with E-state index in [4.69, 9.17) is 14.2 Å². The summed E-state index contributed by atoms with van der Waals surface area (Å²) < 4.78 is 16.7. The Bertz CT molecular complexity index is 1230. The molecule has 0 aliphatic carbocycles. The Morgan fingerprint density at radius 2 is 0.650 bits per heavy atom. The first-order valence-electron chi connectivity index (χ1n) is 24.2. The first-order chi connectivity index (χ1) is 29.5. The minimum atomic E-state index is -0.810. The van der Waals surface area contributed by atoms with E-state index in [-0.39, 0.29) is 31.1 Å². The minimum Gasteiger partial charge on any atom is -0.462 e. The van der Waals surface area contributed by atoms with E-state index in [1.165, 1.54) is 44.9 Å². The SMILES string of the molecule is CC/C=C\C/C=C\C/C=C\C/C=C\CCCCC(=O)OCC(COC(=O)CCCCC/C=C\C/C=C\C/C=C\CC)OC(=O)CCCCCCC/C=C\CCCCCCC. The number of unbranched alkanes of at least 4 members (excludes halogenated alkanes) is 15. The van der Waals surface area contributed by atoms with Crippen LogP contribution in [0.25, 0.3) is 0 Å². The summed E-state index contributed by atoms with van der Waals surface area (Å²) in [5.74, 6) is -0.995. The Morgan fingerprint density at radius 1 is 0.350 bits per heavy atom. The highest BCUT2D eigenvalue weighted by atomic mass is 16.6. The van der Waals surface area contributed by atoms with Crippen LogP contribution >= 0.6 is 0 Å². The first-order valence-corrected chi connectivity index (χ1v) is 24.2. The molecule has 0 bridgehead atoms. The molecule has 0 rings (SSSR count). The molecule has 0 saturated carbocycles. The fraction of sp³-hybridized carbons (Fsp3) is 0.648. The molecule has 0 spiro atoms. The third-order valence-electron chi connectivity index (χ3n) is 9.80. The number of esters is 3. The van der Waals surface area contributed by atoms with Crippen molar-refractivity contribution >= 4 is 17.9 Å². The zero-order valence-corrected chi connectivity index (χ0v) is 38.7. The van der Waals surface area contributed by atoms with Crippen molar-refractivity contribution in [2.24, 2.45) is 0 Å². The third kappa shape index (κ3) is 45.4. The Morgan fingerprint density at radius 3 is 1.08 bits per heavy atom. The van der Waals surface area contributed by atoms with Gasteiger partial charge in [0.25, 0.3) is 0 Å². The van der Waals surface area contributed by atoms with E-state index in [1.54, 1.807) is 0 Å². The molecule has 0 N–H and O–H groups in total. The average molecular weight is 833 g/mol. The van der Waals surface area contributed by atoms with Gasteiger partial charge in [0.2, 0.25) is 0 Å². The zero-order valence-electron chi connectivity index (χ0n) is 38.7. The van der Waals surface area contributed by atoms with E-state index in [2.05, 4.69) is 118 Å². The molecule has 0 radical (unpaired) electrons. The van der Waals surface area contributed by atoms with Gasteiger partial charge in [0.15, 0.2) is 6.10 Å². The van der Waals surface area contributed by atoms with E-state index in [0.29, 0.717) is 19.3 Å². The number of allylic oxidation sites excluding steroid dienone is 16. The Hall–Kier alpha value is -3.67. The van der Waals surface area contributed by atoms with E-state index in [1.807, 2.05) is 0 Å². The molecule has 0 heterocycles. The minimum absolute atomic E-state index is 0.111.